The van der Waals surface area contributed by atoms with Crippen LogP contribution in [0.2, 0.25) is 0 Å². The molecule has 0 aliphatic carbocycles. The van der Waals surface area contributed by atoms with Crippen LogP contribution in [0.15, 0.2) is 4.42 Å². The van der Waals surface area contributed by atoms with Crippen LogP contribution in [-0.4, -0.2) is 22.4 Å². The third-order valence-electron chi connectivity index (χ3n) is 3.37. The Morgan fingerprint density at radius 3 is 2.31 bits per heavy atom. The summed E-state index contributed by atoms with van der Waals surface area (Å²) in [7, 11) is 0. The van der Waals surface area contributed by atoms with Gasteiger partial charge in [0.25, 0.3) is 0 Å². The van der Waals surface area contributed by atoms with Gasteiger partial charge in [-0.3, -0.25) is 0 Å². The van der Waals surface area contributed by atoms with Crippen molar-refractivity contribution < 1.29 is 9.15 Å². The van der Waals surface area contributed by atoms with E-state index in [2.05, 4.69) is 24.0 Å². The second-order valence-corrected chi connectivity index (χ2v) is 4.70. The van der Waals surface area contributed by atoms with Crippen molar-refractivity contribution in [2.75, 3.05) is 0 Å². The first-order valence-electron chi connectivity index (χ1n) is 5.75. The summed E-state index contributed by atoms with van der Waals surface area (Å²) >= 11 is 0. The van der Waals surface area contributed by atoms with E-state index in [1.807, 2.05) is 13.8 Å². The monoisotopic (exact) mass is 225 g/mol. The van der Waals surface area contributed by atoms with Gasteiger partial charge in [-0.05, 0) is 26.7 Å². The van der Waals surface area contributed by atoms with Crippen molar-refractivity contribution in [2.45, 2.75) is 51.9 Å². The fraction of sp³-hybridized carbons (Fsp3) is 0.818. The third-order valence-corrected chi connectivity index (χ3v) is 3.37. The molecule has 0 bridgehead atoms. The molecule has 1 aliphatic rings. The Balaban J connectivity index is 2.23. The molecule has 1 aromatic heterocycles. The molecule has 5 atom stereocenters. The number of nitrogens with zero attached hydrogens (tertiary/aromatic N) is 2. The minimum Gasteiger partial charge on any atom is -0.423 e. The molecule has 5 unspecified atom stereocenters. The first-order chi connectivity index (χ1) is 7.50. The molecule has 0 radical (unpaired) electrons. The van der Waals surface area contributed by atoms with E-state index in [1.54, 1.807) is 0 Å². The van der Waals surface area contributed by atoms with Gasteiger partial charge in [0.05, 0.1) is 24.2 Å². The van der Waals surface area contributed by atoms with Gasteiger partial charge in [-0.25, -0.2) is 0 Å². The van der Waals surface area contributed by atoms with Gasteiger partial charge < -0.3 is 14.9 Å². The molecule has 90 valence electrons. The minimum absolute atomic E-state index is 0.117. The lowest BCUT2D eigenvalue weighted by Crippen LogP contribution is -2.15. The zero-order chi connectivity index (χ0) is 11.9. The molecular weight excluding hydrogens is 206 g/mol. The molecule has 1 aromatic rings. The van der Waals surface area contributed by atoms with Crippen LogP contribution in [0.3, 0.4) is 0 Å². The molecule has 2 N–H and O–H groups in total. The molecule has 5 nitrogen and oxygen atoms in total. The summed E-state index contributed by atoms with van der Waals surface area (Å²) in [6, 6.07) is -0.216. The van der Waals surface area contributed by atoms with Crippen LogP contribution in [0.1, 0.15) is 51.4 Å². The van der Waals surface area contributed by atoms with Crippen LogP contribution in [-0.2, 0) is 4.74 Å². The maximum Gasteiger partial charge on any atom is 0.232 e. The lowest BCUT2D eigenvalue weighted by Gasteiger charge is -2.13. The van der Waals surface area contributed by atoms with E-state index in [0.29, 0.717) is 17.7 Å². The summed E-state index contributed by atoms with van der Waals surface area (Å²) in [5.41, 5.74) is 5.69. The van der Waals surface area contributed by atoms with Crippen LogP contribution in [0.5, 0.6) is 0 Å². The quantitative estimate of drug-likeness (QED) is 0.827. The molecule has 2 rings (SSSR count). The van der Waals surface area contributed by atoms with E-state index < -0.39 is 0 Å². The number of hydrogen-bond donors (Lipinski definition) is 1. The maximum atomic E-state index is 5.75. The van der Waals surface area contributed by atoms with Crippen molar-refractivity contribution in [1.29, 1.82) is 0 Å². The molecule has 5 heteroatoms. The number of rotatable bonds is 2. The van der Waals surface area contributed by atoms with Crippen LogP contribution < -0.4 is 5.73 Å². The van der Waals surface area contributed by atoms with Crippen molar-refractivity contribution in [1.82, 2.24) is 10.2 Å². The summed E-state index contributed by atoms with van der Waals surface area (Å²) in [5, 5.41) is 8.04. The summed E-state index contributed by atoms with van der Waals surface area (Å²) < 4.78 is 11.3. The predicted octanol–water partition coefficient (Wildman–Crippen LogP) is 1.62. The Labute approximate surface area is 95.4 Å². The Hall–Kier alpha value is -0.940. The highest BCUT2D eigenvalue weighted by Crippen LogP contribution is 2.39. The molecule has 0 spiro atoms. The zero-order valence-corrected chi connectivity index (χ0v) is 10.2. The van der Waals surface area contributed by atoms with E-state index in [0.717, 1.165) is 0 Å². The number of hydrogen-bond acceptors (Lipinski definition) is 5. The fourth-order valence-electron chi connectivity index (χ4n) is 2.26. The van der Waals surface area contributed by atoms with Crippen LogP contribution in [0, 0.1) is 5.92 Å². The average molecular weight is 225 g/mol. The van der Waals surface area contributed by atoms with Crippen molar-refractivity contribution in [3.8, 4) is 0 Å². The number of aromatic nitrogens is 2. The normalized spacial score (nSPS) is 36.6. The molecule has 0 saturated carbocycles. The van der Waals surface area contributed by atoms with Crippen molar-refractivity contribution in [2.24, 2.45) is 11.7 Å². The van der Waals surface area contributed by atoms with E-state index in [1.165, 1.54) is 0 Å². The van der Waals surface area contributed by atoms with Crippen LogP contribution in [0.25, 0.3) is 0 Å². The molecule has 16 heavy (non-hydrogen) atoms. The summed E-state index contributed by atoms with van der Waals surface area (Å²) in [6.45, 7) is 8.09. The van der Waals surface area contributed by atoms with Gasteiger partial charge in [0, 0.05) is 0 Å². The lowest BCUT2D eigenvalue weighted by atomic mass is 9.89. The Bertz CT molecular complexity index is 364. The highest BCUT2D eigenvalue weighted by Gasteiger charge is 2.41. The maximum absolute atomic E-state index is 5.75. The third kappa shape index (κ3) is 1.85. The fourth-order valence-corrected chi connectivity index (χ4v) is 2.26. The van der Waals surface area contributed by atoms with E-state index in [-0.39, 0.29) is 24.2 Å². The summed E-state index contributed by atoms with van der Waals surface area (Å²) in [4.78, 5) is 0. The molecule has 1 fully saturated rings. The van der Waals surface area contributed by atoms with Gasteiger partial charge >= 0.3 is 0 Å². The predicted molar refractivity (Wildman–Crippen MR) is 58.8 cm³/mol. The van der Waals surface area contributed by atoms with Crippen molar-refractivity contribution in [3.05, 3.63) is 11.8 Å². The topological polar surface area (TPSA) is 74.2 Å². The number of ether oxygens (including phenoxy) is 1. The second kappa shape index (κ2) is 4.14. The van der Waals surface area contributed by atoms with Gasteiger partial charge in [0.1, 0.15) is 0 Å². The van der Waals surface area contributed by atoms with Gasteiger partial charge in [0.2, 0.25) is 11.8 Å². The largest absolute Gasteiger partial charge is 0.423 e. The van der Waals surface area contributed by atoms with Gasteiger partial charge in [-0.1, -0.05) is 6.92 Å². The lowest BCUT2D eigenvalue weighted by molar-refractivity contribution is 0.0544. The average Bonchev–Trinajstić information content (AvgIpc) is 2.74. The van der Waals surface area contributed by atoms with Crippen LogP contribution in [0.4, 0.5) is 0 Å². The zero-order valence-electron chi connectivity index (χ0n) is 10.2. The summed E-state index contributed by atoms with van der Waals surface area (Å²) in [5.74, 6) is 1.71. The Morgan fingerprint density at radius 1 is 1.19 bits per heavy atom. The van der Waals surface area contributed by atoms with Gasteiger partial charge in [-0.15, -0.1) is 10.2 Å². The standard InChI is InChI=1S/C11H19N3O2/c1-5-7(3)15-8(4)9(5)11-14-13-10(16-11)6(2)12/h5-9H,12H2,1-4H3. The van der Waals surface area contributed by atoms with E-state index >= 15 is 0 Å². The highest BCUT2D eigenvalue weighted by molar-refractivity contribution is 5.03. The molecule has 0 amide bonds. The summed E-state index contributed by atoms with van der Waals surface area (Å²) in [6.07, 6.45) is 0.344. The smallest absolute Gasteiger partial charge is 0.232 e. The van der Waals surface area contributed by atoms with Crippen LogP contribution >= 0.6 is 0 Å². The first kappa shape index (κ1) is 11.5. The Morgan fingerprint density at radius 2 is 1.88 bits per heavy atom. The van der Waals surface area contributed by atoms with E-state index in [4.69, 9.17) is 14.9 Å². The number of nitrogens with two attached hydrogens (primary N) is 1. The Kier molecular flexibility index (Phi) is 2.99. The molecule has 1 saturated heterocycles. The minimum atomic E-state index is -0.216. The molecule has 2 heterocycles. The van der Waals surface area contributed by atoms with Gasteiger partial charge in [-0.2, -0.15) is 0 Å². The van der Waals surface area contributed by atoms with Crippen molar-refractivity contribution in [3.63, 3.8) is 0 Å². The first-order valence-corrected chi connectivity index (χ1v) is 5.75. The SMILES string of the molecule is CC(N)c1nnc(C2C(C)OC(C)C2C)o1. The molecule has 1 aliphatic heterocycles. The van der Waals surface area contributed by atoms with E-state index in [9.17, 15) is 0 Å². The second-order valence-electron chi connectivity index (χ2n) is 4.70. The van der Waals surface area contributed by atoms with Gasteiger partial charge in [0.15, 0.2) is 0 Å². The highest BCUT2D eigenvalue weighted by atomic mass is 16.5. The molecule has 0 aromatic carbocycles. The van der Waals surface area contributed by atoms with Crippen molar-refractivity contribution >= 4 is 0 Å². The molecular formula is C11H19N3O2.